The van der Waals surface area contributed by atoms with E-state index in [1.54, 1.807) is 0 Å². The molecule has 0 radical (unpaired) electrons. The fourth-order valence-corrected chi connectivity index (χ4v) is 3.24. The van der Waals surface area contributed by atoms with E-state index >= 15 is 0 Å². The van der Waals surface area contributed by atoms with Crippen LogP contribution in [-0.2, 0) is 0 Å². The van der Waals surface area contributed by atoms with Gasteiger partial charge >= 0.3 is 0 Å². The van der Waals surface area contributed by atoms with Crippen LogP contribution in [0, 0.1) is 13.8 Å². The summed E-state index contributed by atoms with van der Waals surface area (Å²) in [4.78, 5) is 0. The van der Waals surface area contributed by atoms with Gasteiger partial charge in [-0.1, -0.05) is 40.2 Å². The van der Waals surface area contributed by atoms with Gasteiger partial charge in [0.2, 0.25) is 0 Å². The van der Waals surface area contributed by atoms with Crippen molar-refractivity contribution >= 4 is 38.9 Å². The molecular formula is C17H19BrN2S. The van der Waals surface area contributed by atoms with Crippen LogP contribution < -0.4 is 10.6 Å². The number of benzene rings is 2. The van der Waals surface area contributed by atoms with Gasteiger partial charge in [-0.2, -0.15) is 0 Å². The average Bonchev–Trinajstić information content (AvgIpc) is 2.37. The molecule has 0 aliphatic rings. The molecule has 0 aromatic heterocycles. The fourth-order valence-electron chi connectivity index (χ4n) is 2.31. The Hall–Kier alpha value is -1.39. The fraction of sp³-hybridized carbons (Fsp3) is 0.235. The maximum Gasteiger partial charge on any atom is 0.171 e. The van der Waals surface area contributed by atoms with Gasteiger partial charge in [0.25, 0.3) is 0 Å². The number of hydrogen-bond donors (Lipinski definition) is 2. The van der Waals surface area contributed by atoms with E-state index in [9.17, 15) is 0 Å². The molecule has 2 nitrogen and oxygen atoms in total. The highest BCUT2D eigenvalue weighted by Crippen LogP contribution is 2.23. The Morgan fingerprint density at radius 1 is 1.10 bits per heavy atom. The van der Waals surface area contributed by atoms with Gasteiger partial charge in [0.1, 0.15) is 0 Å². The number of rotatable bonds is 3. The molecule has 0 saturated heterocycles. The minimum absolute atomic E-state index is 0.131. The van der Waals surface area contributed by atoms with E-state index in [-0.39, 0.29) is 6.04 Å². The predicted molar refractivity (Wildman–Crippen MR) is 97.8 cm³/mol. The van der Waals surface area contributed by atoms with Gasteiger partial charge in [0.05, 0.1) is 6.04 Å². The molecule has 0 aliphatic carbocycles. The number of thiocarbonyl (C=S) groups is 1. The SMILES string of the molecule is Cc1cc(C)cc(NC(=S)N[C@@H](C)c2ccccc2Br)c1. The molecular weight excluding hydrogens is 344 g/mol. The molecule has 2 rings (SSSR count). The Labute approximate surface area is 140 Å². The van der Waals surface area contributed by atoms with Crippen LogP contribution in [0.4, 0.5) is 5.69 Å². The van der Waals surface area contributed by atoms with Gasteiger partial charge < -0.3 is 10.6 Å². The van der Waals surface area contributed by atoms with Crippen LogP contribution in [0.25, 0.3) is 0 Å². The maximum atomic E-state index is 5.40. The number of anilines is 1. The lowest BCUT2D eigenvalue weighted by molar-refractivity contribution is 0.719. The van der Waals surface area contributed by atoms with Gasteiger partial charge in [-0.25, -0.2) is 0 Å². The van der Waals surface area contributed by atoms with Crippen LogP contribution in [0.15, 0.2) is 46.9 Å². The van der Waals surface area contributed by atoms with E-state index < -0.39 is 0 Å². The van der Waals surface area contributed by atoms with Crippen molar-refractivity contribution in [2.75, 3.05) is 5.32 Å². The third-order valence-electron chi connectivity index (χ3n) is 3.20. The summed E-state index contributed by atoms with van der Waals surface area (Å²) < 4.78 is 1.08. The number of hydrogen-bond acceptors (Lipinski definition) is 1. The van der Waals surface area contributed by atoms with Crippen LogP contribution in [0.3, 0.4) is 0 Å². The summed E-state index contributed by atoms with van der Waals surface area (Å²) >= 11 is 8.97. The molecule has 2 aromatic rings. The second-order valence-electron chi connectivity index (χ2n) is 5.22. The molecule has 2 aromatic carbocycles. The summed E-state index contributed by atoms with van der Waals surface area (Å²) in [7, 11) is 0. The molecule has 0 saturated carbocycles. The summed E-state index contributed by atoms with van der Waals surface area (Å²) in [5.74, 6) is 0. The normalized spacial score (nSPS) is 11.8. The molecule has 4 heteroatoms. The molecule has 110 valence electrons. The van der Waals surface area contributed by atoms with Crippen molar-refractivity contribution in [2.45, 2.75) is 26.8 Å². The first kappa shape index (κ1) is 16.0. The Bertz CT molecular complexity index is 635. The molecule has 2 N–H and O–H groups in total. The Morgan fingerprint density at radius 3 is 2.33 bits per heavy atom. The number of halogens is 1. The third kappa shape index (κ3) is 4.55. The topological polar surface area (TPSA) is 24.1 Å². The van der Waals surface area contributed by atoms with E-state index in [2.05, 4.69) is 71.6 Å². The lowest BCUT2D eigenvalue weighted by Gasteiger charge is -2.19. The highest BCUT2D eigenvalue weighted by atomic mass is 79.9. The summed E-state index contributed by atoms with van der Waals surface area (Å²) in [6, 6.07) is 14.6. The van der Waals surface area contributed by atoms with E-state index in [1.807, 2.05) is 18.2 Å². The monoisotopic (exact) mass is 362 g/mol. The van der Waals surface area contributed by atoms with E-state index in [4.69, 9.17) is 12.2 Å². The van der Waals surface area contributed by atoms with Crippen molar-refractivity contribution in [3.63, 3.8) is 0 Å². The molecule has 0 spiro atoms. The van der Waals surface area contributed by atoms with Crippen molar-refractivity contribution in [3.05, 3.63) is 63.6 Å². The summed E-state index contributed by atoms with van der Waals surface area (Å²) in [6.07, 6.45) is 0. The number of aryl methyl sites for hydroxylation is 2. The van der Waals surface area contributed by atoms with E-state index in [1.165, 1.54) is 16.7 Å². The van der Waals surface area contributed by atoms with Gasteiger partial charge in [-0.3, -0.25) is 0 Å². The van der Waals surface area contributed by atoms with Gasteiger partial charge in [0.15, 0.2) is 5.11 Å². The summed E-state index contributed by atoms with van der Waals surface area (Å²) in [5, 5.41) is 7.19. The zero-order valence-corrected chi connectivity index (χ0v) is 14.8. The van der Waals surface area contributed by atoms with Crippen LogP contribution in [0.5, 0.6) is 0 Å². The molecule has 0 unspecified atom stereocenters. The van der Waals surface area contributed by atoms with Crippen LogP contribution >= 0.6 is 28.1 Å². The van der Waals surface area contributed by atoms with E-state index in [0.717, 1.165) is 10.2 Å². The van der Waals surface area contributed by atoms with Gasteiger partial charge in [0, 0.05) is 10.2 Å². The molecule has 0 heterocycles. The van der Waals surface area contributed by atoms with Crippen molar-refractivity contribution in [3.8, 4) is 0 Å². The predicted octanol–water partition coefficient (Wildman–Crippen LogP) is 5.11. The Balaban J connectivity index is 2.03. The zero-order valence-electron chi connectivity index (χ0n) is 12.4. The first-order valence-corrected chi connectivity index (χ1v) is 8.06. The smallest absolute Gasteiger partial charge is 0.171 e. The highest BCUT2D eigenvalue weighted by molar-refractivity contribution is 9.10. The standard InChI is InChI=1S/C17H19BrN2S/c1-11-8-12(2)10-14(9-11)20-17(21)19-13(3)15-6-4-5-7-16(15)18/h4-10,13H,1-3H3,(H2,19,20,21)/t13-/m0/s1. The summed E-state index contributed by atoms with van der Waals surface area (Å²) in [6.45, 7) is 6.26. The minimum atomic E-state index is 0.131. The summed E-state index contributed by atoms with van der Waals surface area (Å²) in [5.41, 5.74) is 4.64. The third-order valence-corrected chi connectivity index (χ3v) is 4.14. The molecule has 1 atom stereocenters. The molecule has 0 aliphatic heterocycles. The lowest BCUT2D eigenvalue weighted by Crippen LogP contribution is -2.31. The first-order chi connectivity index (χ1) is 9.95. The van der Waals surface area contributed by atoms with E-state index in [0.29, 0.717) is 5.11 Å². The van der Waals surface area contributed by atoms with Crippen molar-refractivity contribution < 1.29 is 0 Å². The van der Waals surface area contributed by atoms with Crippen LogP contribution in [0.2, 0.25) is 0 Å². The first-order valence-electron chi connectivity index (χ1n) is 6.86. The van der Waals surface area contributed by atoms with Crippen molar-refractivity contribution in [1.82, 2.24) is 5.32 Å². The Morgan fingerprint density at radius 2 is 1.71 bits per heavy atom. The molecule has 0 bridgehead atoms. The van der Waals surface area contributed by atoms with Crippen LogP contribution in [0.1, 0.15) is 29.7 Å². The van der Waals surface area contributed by atoms with Crippen molar-refractivity contribution in [1.29, 1.82) is 0 Å². The second-order valence-corrected chi connectivity index (χ2v) is 6.48. The zero-order chi connectivity index (χ0) is 15.4. The quantitative estimate of drug-likeness (QED) is 0.741. The molecule has 21 heavy (non-hydrogen) atoms. The second kappa shape index (κ2) is 7.05. The van der Waals surface area contributed by atoms with Gasteiger partial charge in [-0.05, 0) is 67.9 Å². The Kier molecular flexibility index (Phi) is 5.37. The van der Waals surface area contributed by atoms with Gasteiger partial charge in [-0.15, -0.1) is 0 Å². The van der Waals surface area contributed by atoms with Crippen molar-refractivity contribution in [2.24, 2.45) is 0 Å². The minimum Gasteiger partial charge on any atom is -0.356 e. The maximum absolute atomic E-state index is 5.40. The number of nitrogens with one attached hydrogen (secondary N) is 2. The largest absolute Gasteiger partial charge is 0.356 e. The molecule has 0 fully saturated rings. The highest BCUT2D eigenvalue weighted by Gasteiger charge is 2.10. The average molecular weight is 363 g/mol. The lowest BCUT2D eigenvalue weighted by atomic mass is 10.1. The van der Waals surface area contributed by atoms with Crippen LogP contribution in [-0.4, -0.2) is 5.11 Å². The molecule has 0 amide bonds.